The van der Waals surface area contributed by atoms with Gasteiger partial charge in [0, 0.05) is 37.7 Å². The molecule has 138 valence electrons. The minimum atomic E-state index is -0.559. The normalized spacial score (nSPS) is 25.5. The number of hydrogen-bond acceptors (Lipinski definition) is 5. The number of carbonyl (C=O) groups is 3. The molecule has 2 atom stereocenters. The lowest BCUT2D eigenvalue weighted by Crippen LogP contribution is -2.52. The summed E-state index contributed by atoms with van der Waals surface area (Å²) in [5, 5.41) is 9.24. The van der Waals surface area contributed by atoms with Crippen LogP contribution in [-0.2, 0) is 22.7 Å². The standard InChI is InChI=1S/C19H24N4O3/c24-16-7-6-15(18(25)22-16)23-11-13-4-1-3-12(17(13)19(23)26)9-20-10-14-5-2-8-21-14/h1,3-4,14-15,20-21H,2,5-11H2,(H,22,24,25). The van der Waals surface area contributed by atoms with Gasteiger partial charge in [-0.2, -0.15) is 0 Å². The van der Waals surface area contributed by atoms with Crippen LogP contribution >= 0.6 is 0 Å². The average Bonchev–Trinajstić information content (AvgIpc) is 3.24. The lowest BCUT2D eigenvalue weighted by molar-refractivity contribution is -0.136. The lowest BCUT2D eigenvalue weighted by atomic mass is 10.0. The molecule has 3 heterocycles. The van der Waals surface area contributed by atoms with Gasteiger partial charge in [-0.1, -0.05) is 18.2 Å². The zero-order chi connectivity index (χ0) is 18.1. The molecule has 1 aromatic carbocycles. The molecular weight excluding hydrogens is 332 g/mol. The zero-order valence-corrected chi connectivity index (χ0v) is 14.7. The number of amides is 3. The molecule has 0 radical (unpaired) electrons. The Bertz CT molecular complexity index is 742. The third kappa shape index (κ3) is 3.24. The van der Waals surface area contributed by atoms with Crippen molar-refractivity contribution < 1.29 is 14.4 Å². The van der Waals surface area contributed by atoms with Gasteiger partial charge in [0.2, 0.25) is 11.8 Å². The lowest BCUT2D eigenvalue weighted by Gasteiger charge is -2.29. The summed E-state index contributed by atoms with van der Waals surface area (Å²) < 4.78 is 0. The molecule has 0 saturated carbocycles. The number of rotatable bonds is 5. The van der Waals surface area contributed by atoms with Crippen molar-refractivity contribution in [2.45, 2.75) is 50.9 Å². The van der Waals surface area contributed by atoms with Crippen LogP contribution in [0.1, 0.15) is 47.2 Å². The maximum Gasteiger partial charge on any atom is 0.255 e. The van der Waals surface area contributed by atoms with Crippen LogP contribution in [-0.4, -0.2) is 47.8 Å². The van der Waals surface area contributed by atoms with E-state index in [1.54, 1.807) is 4.90 Å². The summed E-state index contributed by atoms with van der Waals surface area (Å²) in [6.07, 6.45) is 3.07. The number of imide groups is 1. The molecule has 0 aromatic heterocycles. The summed E-state index contributed by atoms with van der Waals surface area (Å²) in [6, 6.07) is 5.82. The van der Waals surface area contributed by atoms with Crippen LogP contribution in [0.2, 0.25) is 0 Å². The molecule has 0 aliphatic carbocycles. The van der Waals surface area contributed by atoms with Crippen molar-refractivity contribution in [3.05, 3.63) is 34.9 Å². The highest BCUT2D eigenvalue weighted by Gasteiger charge is 2.39. The van der Waals surface area contributed by atoms with Crippen LogP contribution in [0.3, 0.4) is 0 Å². The molecule has 4 rings (SSSR count). The second-order valence-electron chi connectivity index (χ2n) is 7.28. The van der Waals surface area contributed by atoms with Gasteiger partial charge in [0.1, 0.15) is 6.04 Å². The first-order valence-corrected chi connectivity index (χ1v) is 9.33. The first-order valence-electron chi connectivity index (χ1n) is 9.33. The van der Waals surface area contributed by atoms with Crippen LogP contribution in [0.5, 0.6) is 0 Å². The van der Waals surface area contributed by atoms with Crippen LogP contribution in [0.25, 0.3) is 0 Å². The zero-order valence-electron chi connectivity index (χ0n) is 14.7. The Morgan fingerprint density at radius 3 is 2.85 bits per heavy atom. The maximum atomic E-state index is 13.0. The van der Waals surface area contributed by atoms with E-state index in [2.05, 4.69) is 16.0 Å². The summed E-state index contributed by atoms with van der Waals surface area (Å²) >= 11 is 0. The van der Waals surface area contributed by atoms with E-state index in [-0.39, 0.29) is 24.1 Å². The predicted octanol–water partition coefficient (Wildman–Crippen LogP) is 0.289. The Morgan fingerprint density at radius 2 is 2.08 bits per heavy atom. The van der Waals surface area contributed by atoms with Crippen molar-refractivity contribution in [3.63, 3.8) is 0 Å². The smallest absolute Gasteiger partial charge is 0.255 e. The third-order valence-electron chi connectivity index (χ3n) is 5.51. The van der Waals surface area contributed by atoms with Gasteiger partial charge in [0.05, 0.1) is 0 Å². The molecule has 3 N–H and O–H groups in total. The minimum absolute atomic E-state index is 0.106. The van der Waals surface area contributed by atoms with E-state index in [9.17, 15) is 14.4 Å². The Balaban J connectivity index is 1.46. The summed E-state index contributed by atoms with van der Waals surface area (Å²) in [6.45, 7) is 3.02. The molecule has 3 amide bonds. The van der Waals surface area contributed by atoms with Gasteiger partial charge in [-0.15, -0.1) is 0 Å². The first-order chi connectivity index (χ1) is 12.6. The molecule has 7 heteroatoms. The Labute approximate surface area is 152 Å². The van der Waals surface area contributed by atoms with Crippen LogP contribution in [0.15, 0.2) is 18.2 Å². The Kier molecular flexibility index (Phi) is 4.74. The largest absolute Gasteiger partial charge is 0.322 e. The molecule has 3 aliphatic heterocycles. The van der Waals surface area contributed by atoms with Gasteiger partial charge in [0.15, 0.2) is 0 Å². The van der Waals surface area contributed by atoms with Crippen LogP contribution < -0.4 is 16.0 Å². The van der Waals surface area contributed by atoms with Gasteiger partial charge in [-0.3, -0.25) is 19.7 Å². The van der Waals surface area contributed by atoms with Gasteiger partial charge in [-0.05, 0) is 36.9 Å². The number of nitrogens with one attached hydrogen (secondary N) is 3. The van der Waals surface area contributed by atoms with E-state index in [1.807, 2.05) is 18.2 Å². The number of nitrogens with zero attached hydrogens (tertiary/aromatic N) is 1. The fourth-order valence-corrected chi connectivity index (χ4v) is 4.15. The fraction of sp³-hybridized carbons (Fsp3) is 0.526. The summed E-state index contributed by atoms with van der Waals surface area (Å²) in [4.78, 5) is 38.1. The van der Waals surface area contributed by atoms with E-state index >= 15 is 0 Å². The van der Waals surface area contributed by atoms with Crippen molar-refractivity contribution in [1.29, 1.82) is 0 Å². The molecule has 3 aliphatic rings. The van der Waals surface area contributed by atoms with Crippen molar-refractivity contribution >= 4 is 17.7 Å². The van der Waals surface area contributed by atoms with E-state index in [4.69, 9.17) is 0 Å². The molecule has 1 aromatic rings. The van der Waals surface area contributed by atoms with Crippen molar-refractivity contribution in [2.75, 3.05) is 13.1 Å². The predicted molar refractivity (Wildman–Crippen MR) is 95.2 cm³/mol. The van der Waals surface area contributed by atoms with E-state index in [0.29, 0.717) is 31.1 Å². The highest BCUT2D eigenvalue weighted by atomic mass is 16.2. The molecule has 2 fully saturated rings. The summed E-state index contributed by atoms with van der Waals surface area (Å²) in [5.74, 6) is -0.735. The highest BCUT2D eigenvalue weighted by Crippen LogP contribution is 2.29. The van der Waals surface area contributed by atoms with Crippen molar-refractivity contribution in [3.8, 4) is 0 Å². The van der Waals surface area contributed by atoms with E-state index in [1.165, 1.54) is 12.8 Å². The maximum absolute atomic E-state index is 13.0. The number of piperidine rings is 1. The van der Waals surface area contributed by atoms with Gasteiger partial charge in [0.25, 0.3) is 5.91 Å². The van der Waals surface area contributed by atoms with Crippen LogP contribution in [0, 0.1) is 0 Å². The molecule has 7 nitrogen and oxygen atoms in total. The van der Waals surface area contributed by atoms with Gasteiger partial charge >= 0.3 is 0 Å². The minimum Gasteiger partial charge on any atom is -0.322 e. The molecule has 0 spiro atoms. The summed E-state index contributed by atoms with van der Waals surface area (Å²) in [5.41, 5.74) is 2.64. The summed E-state index contributed by atoms with van der Waals surface area (Å²) in [7, 11) is 0. The molecular formula is C19H24N4O3. The monoisotopic (exact) mass is 356 g/mol. The Hall–Kier alpha value is -2.25. The number of hydrogen-bond donors (Lipinski definition) is 3. The fourth-order valence-electron chi connectivity index (χ4n) is 4.15. The van der Waals surface area contributed by atoms with Crippen LogP contribution in [0.4, 0.5) is 0 Å². The SMILES string of the molecule is O=C1CCC(N2Cc3cccc(CNCC4CCCN4)c3C2=O)C(=O)N1. The van der Waals surface area contributed by atoms with Gasteiger partial charge in [-0.25, -0.2) is 0 Å². The molecule has 2 unspecified atom stereocenters. The second kappa shape index (κ2) is 7.17. The Morgan fingerprint density at radius 1 is 1.19 bits per heavy atom. The van der Waals surface area contributed by atoms with Crippen molar-refractivity contribution in [1.82, 2.24) is 20.9 Å². The second-order valence-corrected chi connectivity index (χ2v) is 7.28. The first kappa shape index (κ1) is 17.2. The van der Waals surface area contributed by atoms with E-state index < -0.39 is 6.04 Å². The molecule has 26 heavy (non-hydrogen) atoms. The van der Waals surface area contributed by atoms with E-state index in [0.717, 1.165) is 24.2 Å². The quantitative estimate of drug-likeness (QED) is 0.660. The number of benzene rings is 1. The molecule has 0 bridgehead atoms. The van der Waals surface area contributed by atoms with Gasteiger partial charge < -0.3 is 15.5 Å². The van der Waals surface area contributed by atoms with Crippen molar-refractivity contribution in [2.24, 2.45) is 0 Å². The topological polar surface area (TPSA) is 90.5 Å². The average molecular weight is 356 g/mol. The number of fused-ring (bicyclic) bond motifs is 1. The highest BCUT2D eigenvalue weighted by molar-refractivity contribution is 6.05. The third-order valence-corrected chi connectivity index (χ3v) is 5.51. The number of carbonyl (C=O) groups excluding carboxylic acids is 3. The molecule has 2 saturated heterocycles.